The fourth-order valence-corrected chi connectivity index (χ4v) is 2.18. The molecule has 1 nitrogen and oxygen atoms in total. The lowest BCUT2D eigenvalue weighted by Crippen LogP contribution is -2.13. The van der Waals surface area contributed by atoms with Gasteiger partial charge in [0, 0.05) is 10.5 Å². The first-order valence-electron chi connectivity index (χ1n) is 5.41. The lowest BCUT2D eigenvalue weighted by molar-refractivity contribution is 0.624. The van der Waals surface area contributed by atoms with Crippen LogP contribution in [0.2, 0.25) is 0 Å². The Balaban J connectivity index is 2.14. The number of rotatable bonds is 3. The molecule has 2 aromatic rings. The molecule has 0 aromatic heterocycles. The third kappa shape index (κ3) is 3.14. The summed E-state index contributed by atoms with van der Waals surface area (Å²) in [6, 6.07) is 14.2. The Morgan fingerprint density at radius 3 is 2.35 bits per heavy atom. The van der Waals surface area contributed by atoms with Crippen molar-refractivity contribution in [3.63, 3.8) is 0 Å². The van der Waals surface area contributed by atoms with E-state index in [4.69, 9.17) is 5.73 Å². The van der Waals surface area contributed by atoms with Gasteiger partial charge in [-0.25, -0.2) is 4.39 Å². The fourth-order valence-electron chi connectivity index (χ4n) is 1.73. The molecule has 0 radical (unpaired) electrons. The summed E-state index contributed by atoms with van der Waals surface area (Å²) < 4.78 is 13.8. The molecule has 0 heterocycles. The van der Waals surface area contributed by atoms with Gasteiger partial charge in [-0.15, -0.1) is 0 Å². The highest BCUT2D eigenvalue weighted by molar-refractivity contribution is 9.10. The molecule has 1 atom stereocenters. The summed E-state index contributed by atoms with van der Waals surface area (Å²) in [5, 5.41) is 0. The second-order valence-electron chi connectivity index (χ2n) is 3.95. The Morgan fingerprint density at radius 1 is 1.06 bits per heavy atom. The molecule has 17 heavy (non-hydrogen) atoms. The minimum Gasteiger partial charge on any atom is -0.324 e. The van der Waals surface area contributed by atoms with Crippen LogP contribution < -0.4 is 5.73 Å². The van der Waals surface area contributed by atoms with Crippen LogP contribution in [0.1, 0.15) is 17.2 Å². The highest BCUT2D eigenvalue weighted by Gasteiger charge is 2.08. The first-order chi connectivity index (χ1) is 8.16. The maximum atomic E-state index is 12.8. The standard InChI is InChI=1S/C14H13BrFN/c15-13-4-2-1-3-11(13)9-14(17)10-5-7-12(16)8-6-10/h1-8,14H,9,17H2. The summed E-state index contributed by atoms with van der Waals surface area (Å²) in [6.07, 6.45) is 0.729. The molecular weight excluding hydrogens is 281 g/mol. The molecule has 2 N–H and O–H groups in total. The van der Waals surface area contributed by atoms with Crippen LogP contribution in [0.5, 0.6) is 0 Å². The molecule has 0 aliphatic carbocycles. The molecule has 0 aliphatic rings. The van der Waals surface area contributed by atoms with Gasteiger partial charge in [-0.1, -0.05) is 46.3 Å². The van der Waals surface area contributed by atoms with Crippen LogP contribution in [-0.2, 0) is 6.42 Å². The van der Waals surface area contributed by atoms with E-state index in [0.717, 1.165) is 22.0 Å². The molecule has 1 unspecified atom stereocenters. The summed E-state index contributed by atoms with van der Waals surface area (Å²) in [4.78, 5) is 0. The second kappa shape index (κ2) is 5.43. The van der Waals surface area contributed by atoms with E-state index in [1.165, 1.54) is 12.1 Å². The Hall–Kier alpha value is -1.19. The predicted molar refractivity (Wildman–Crippen MR) is 71.2 cm³/mol. The van der Waals surface area contributed by atoms with Gasteiger partial charge in [-0.2, -0.15) is 0 Å². The van der Waals surface area contributed by atoms with Crippen molar-refractivity contribution < 1.29 is 4.39 Å². The third-order valence-electron chi connectivity index (χ3n) is 2.70. The molecule has 88 valence electrons. The van der Waals surface area contributed by atoms with Crippen LogP contribution in [0.25, 0.3) is 0 Å². The number of nitrogens with two attached hydrogens (primary N) is 1. The predicted octanol–water partition coefficient (Wildman–Crippen LogP) is 3.83. The second-order valence-corrected chi connectivity index (χ2v) is 4.81. The van der Waals surface area contributed by atoms with Crippen molar-refractivity contribution in [3.05, 3.63) is 69.9 Å². The molecule has 0 bridgehead atoms. The highest BCUT2D eigenvalue weighted by atomic mass is 79.9. The summed E-state index contributed by atoms with van der Waals surface area (Å²) in [6.45, 7) is 0. The van der Waals surface area contributed by atoms with Crippen molar-refractivity contribution in [2.75, 3.05) is 0 Å². The molecular formula is C14H13BrFN. The van der Waals surface area contributed by atoms with Gasteiger partial charge in [0.05, 0.1) is 0 Å². The fraction of sp³-hybridized carbons (Fsp3) is 0.143. The SMILES string of the molecule is NC(Cc1ccccc1Br)c1ccc(F)cc1. The lowest BCUT2D eigenvalue weighted by atomic mass is 10.00. The molecule has 0 saturated carbocycles. The van der Waals surface area contributed by atoms with Gasteiger partial charge in [0.2, 0.25) is 0 Å². The van der Waals surface area contributed by atoms with Crippen LogP contribution in [0.3, 0.4) is 0 Å². The number of benzene rings is 2. The van der Waals surface area contributed by atoms with Gasteiger partial charge < -0.3 is 5.73 Å². The monoisotopic (exact) mass is 293 g/mol. The Bertz CT molecular complexity index is 496. The number of halogens is 2. The van der Waals surface area contributed by atoms with Crippen molar-refractivity contribution in [1.82, 2.24) is 0 Å². The van der Waals surface area contributed by atoms with Gasteiger partial charge in [-0.05, 0) is 35.7 Å². The van der Waals surface area contributed by atoms with Crippen LogP contribution in [0.4, 0.5) is 4.39 Å². The molecule has 0 fully saturated rings. The van der Waals surface area contributed by atoms with Gasteiger partial charge >= 0.3 is 0 Å². The Labute approximate surface area is 109 Å². The number of hydrogen-bond acceptors (Lipinski definition) is 1. The highest BCUT2D eigenvalue weighted by Crippen LogP contribution is 2.22. The largest absolute Gasteiger partial charge is 0.324 e. The molecule has 0 aliphatic heterocycles. The zero-order valence-electron chi connectivity index (χ0n) is 9.24. The smallest absolute Gasteiger partial charge is 0.123 e. The Kier molecular flexibility index (Phi) is 3.92. The maximum Gasteiger partial charge on any atom is 0.123 e. The van der Waals surface area contributed by atoms with E-state index in [9.17, 15) is 4.39 Å². The topological polar surface area (TPSA) is 26.0 Å². The first kappa shape index (κ1) is 12.3. The Morgan fingerprint density at radius 2 is 1.71 bits per heavy atom. The minimum atomic E-state index is -0.234. The van der Waals surface area contributed by atoms with Crippen LogP contribution in [0, 0.1) is 5.82 Å². The van der Waals surface area contributed by atoms with E-state index in [2.05, 4.69) is 15.9 Å². The van der Waals surface area contributed by atoms with E-state index in [0.29, 0.717) is 0 Å². The minimum absolute atomic E-state index is 0.116. The summed E-state index contributed by atoms with van der Waals surface area (Å²) in [7, 11) is 0. The molecule has 0 saturated heterocycles. The van der Waals surface area contributed by atoms with Gasteiger partial charge in [0.15, 0.2) is 0 Å². The summed E-state index contributed by atoms with van der Waals surface area (Å²) in [5.74, 6) is -0.234. The van der Waals surface area contributed by atoms with Crippen molar-refractivity contribution in [2.45, 2.75) is 12.5 Å². The number of hydrogen-bond donors (Lipinski definition) is 1. The van der Waals surface area contributed by atoms with Gasteiger partial charge in [0.25, 0.3) is 0 Å². The van der Waals surface area contributed by atoms with E-state index in [-0.39, 0.29) is 11.9 Å². The molecule has 2 aromatic carbocycles. The van der Waals surface area contributed by atoms with Crippen molar-refractivity contribution >= 4 is 15.9 Å². The molecule has 3 heteroatoms. The van der Waals surface area contributed by atoms with E-state index < -0.39 is 0 Å². The maximum absolute atomic E-state index is 12.8. The first-order valence-corrected chi connectivity index (χ1v) is 6.20. The van der Waals surface area contributed by atoms with Crippen LogP contribution in [-0.4, -0.2) is 0 Å². The average molecular weight is 294 g/mol. The van der Waals surface area contributed by atoms with Crippen LogP contribution >= 0.6 is 15.9 Å². The van der Waals surface area contributed by atoms with Crippen molar-refractivity contribution in [2.24, 2.45) is 5.73 Å². The van der Waals surface area contributed by atoms with Crippen LogP contribution in [0.15, 0.2) is 53.0 Å². The molecule has 0 amide bonds. The lowest BCUT2D eigenvalue weighted by Gasteiger charge is -2.13. The van der Waals surface area contributed by atoms with Crippen molar-refractivity contribution in [3.8, 4) is 0 Å². The third-order valence-corrected chi connectivity index (χ3v) is 3.47. The normalized spacial score (nSPS) is 12.4. The van der Waals surface area contributed by atoms with E-state index in [1.807, 2.05) is 24.3 Å². The zero-order valence-corrected chi connectivity index (χ0v) is 10.8. The van der Waals surface area contributed by atoms with Gasteiger partial charge in [0.1, 0.15) is 5.82 Å². The van der Waals surface area contributed by atoms with Gasteiger partial charge in [-0.3, -0.25) is 0 Å². The quantitative estimate of drug-likeness (QED) is 0.914. The summed E-state index contributed by atoms with van der Waals surface area (Å²) in [5.41, 5.74) is 8.21. The zero-order chi connectivity index (χ0) is 12.3. The van der Waals surface area contributed by atoms with E-state index in [1.54, 1.807) is 12.1 Å². The molecule has 2 rings (SSSR count). The van der Waals surface area contributed by atoms with Crippen molar-refractivity contribution in [1.29, 1.82) is 0 Å². The molecule has 0 spiro atoms. The summed E-state index contributed by atoms with van der Waals surface area (Å²) >= 11 is 3.49. The van der Waals surface area contributed by atoms with E-state index >= 15 is 0 Å². The average Bonchev–Trinajstić information content (AvgIpc) is 2.33.